The van der Waals surface area contributed by atoms with Crippen LogP contribution in [0.3, 0.4) is 0 Å². The van der Waals surface area contributed by atoms with Crippen LogP contribution < -0.4 is 5.32 Å². The summed E-state index contributed by atoms with van der Waals surface area (Å²) in [6, 6.07) is 8.46. The fourth-order valence-electron chi connectivity index (χ4n) is 2.57. The van der Waals surface area contributed by atoms with E-state index in [1.807, 2.05) is 6.07 Å². The van der Waals surface area contributed by atoms with Gasteiger partial charge in [0, 0.05) is 24.6 Å². The average molecular weight is 320 g/mol. The zero-order valence-corrected chi connectivity index (χ0v) is 13.3. The quantitative estimate of drug-likeness (QED) is 0.853. The van der Waals surface area contributed by atoms with Crippen LogP contribution in [0.15, 0.2) is 34.9 Å². The zero-order chi connectivity index (χ0) is 16.5. The molecule has 0 atom stereocenters. The van der Waals surface area contributed by atoms with Gasteiger partial charge in [0.2, 0.25) is 0 Å². The minimum Gasteiger partial charge on any atom is -0.382 e. The van der Waals surface area contributed by atoms with E-state index >= 15 is 0 Å². The van der Waals surface area contributed by atoms with Gasteiger partial charge in [0.25, 0.3) is 0 Å². The van der Waals surface area contributed by atoms with Crippen molar-refractivity contribution in [3.63, 3.8) is 0 Å². The lowest BCUT2D eigenvalue weighted by atomic mass is 9.90. The van der Waals surface area contributed by atoms with Gasteiger partial charge in [0.15, 0.2) is 5.76 Å². The predicted molar refractivity (Wildman–Crippen MR) is 82.2 cm³/mol. The largest absolute Gasteiger partial charge is 0.382 e. The number of nitrogens with one attached hydrogen (secondary N) is 1. The number of halogens is 1. The second-order valence-electron chi connectivity index (χ2n) is 6.64. The Bertz CT molecular complexity index is 674. The van der Waals surface area contributed by atoms with Gasteiger partial charge in [0.1, 0.15) is 11.4 Å². The van der Waals surface area contributed by atoms with Gasteiger partial charge in [-0.2, -0.15) is 0 Å². The second kappa shape index (κ2) is 6.03. The molecule has 1 saturated heterocycles. The molecule has 0 unspecified atom stereocenters. The Morgan fingerprint density at radius 3 is 2.65 bits per heavy atom. The van der Waals surface area contributed by atoms with Crippen LogP contribution in [0.4, 0.5) is 4.39 Å². The Labute approximate surface area is 134 Å². The van der Waals surface area contributed by atoms with Crippen LogP contribution in [0.5, 0.6) is 0 Å². The summed E-state index contributed by atoms with van der Waals surface area (Å²) in [5.41, 5.74) is 0.0214. The minimum absolute atomic E-state index is 0.221. The highest BCUT2D eigenvalue weighted by atomic mass is 19.1. The molecule has 0 bridgehead atoms. The van der Waals surface area contributed by atoms with E-state index in [0.717, 1.165) is 5.69 Å². The second-order valence-corrected chi connectivity index (χ2v) is 6.64. The Morgan fingerprint density at radius 2 is 2.09 bits per heavy atom. The third kappa shape index (κ3) is 3.60. The summed E-state index contributed by atoms with van der Waals surface area (Å²) in [4.78, 5) is 0. The summed E-state index contributed by atoms with van der Waals surface area (Å²) in [7, 11) is 0. The van der Waals surface area contributed by atoms with Crippen LogP contribution in [0.2, 0.25) is 0 Å². The number of hydrogen-bond acceptors (Lipinski definition) is 5. The standard InChI is InChI=1S/C17H21FN2O3/c1-16(2,21)15-7-13(20-23-15)8-17(10-22-11-17)19-9-12-5-3-4-6-14(12)18/h3-7,19,21H,8-11H2,1-2H3. The van der Waals surface area contributed by atoms with Gasteiger partial charge in [-0.1, -0.05) is 23.4 Å². The van der Waals surface area contributed by atoms with E-state index < -0.39 is 5.60 Å². The molecule has 0 amide bonds. The first-order valence-corrected chi connectivity index (χ1v) is 7.63. The molecular weight excluding hydrogens is 299 g/mol. The Balaban J connectivity index is 1.67. The molecule has 1 aliphatic rings. The van der Waals surface area contributed by atoms with E-state index in [4.69, 9.17) is 9.26 Å². The molecule has 1 fully saturated rings. The molecule has 0 spiro atoms. The normalized spacial score (nSPS) is 17.0. The molecule has 23 heavy (non-hydrogen) atoms. The van der Waals surface area contributed by atoms with Crippen molar-refractivity contribution in [3.05, 3.63) is 53.2 Å². The summed E-state index contributed by atoms with van der Waals surface area (Å²) < 4.78 is 24.3. The summed E-state index contributed by atoms with van der Waals surface area (Å²) in [5.74, 6) is 0.207. The summed E-state index contributed by atoms with van der Waals surface area (Å²) in [6.45, 7) is 4.79. The number of aliphatic hydroxyl groups is 1. The van der Waals surface area contributed by atoms with Crippen LogP contribution in [0, 0.1) is 5.82 Å². The maximum Gasteiger partial charge on any atom is 0.167 e. The van der Waals surface area contributed by atoms with E-state index in [9.17, 15) is 9.50 Å². The zero-order valence-electron chi connectivity index (χ0n) is 13.3. The van der Waals surface area contributed by atoms with Crippen LogP contribution in [-0.2, 0) is 23.3 Å². The molecule has 0 aliphatic carbocycles. The van der Waals surface area contributed by atoms with Gasteiger partial charge < -0.3 is 19.7 Å². The lowest BCUT2D eigenvalue weighted by Crippen LogP contribution is -2.61. The number of ether oxygens (including phenoxy) is 1. The first-order valence-electron chi connectivity index (χ1n) is 7.63. The van der Waals surface area contributed by atoms with E-state index in [2.05, 4.69) is 10.5 Å². The maximum absolute atomic E-state index is 13.7. The number of hydrogen-bond donors (Lipinski definition) is 2. The van der Waals surface area contributed by atoms with Crippen molar-refractivity contribution in [1.29, 1.82) is 0 Å². The van der Waals surface area contributed by atoms with Crippen molar-refractivity contribution < 1.29 is 18.8 Å². The van der Waals surface area contributed by atoms with Crippen molar-refractivity contribution in [2.45, 2.75) is 38.0 Å². The number of rotatable bonds is 6. The Morgan fingerprint density at radius 1 is 1.35 bits per heavy atom. The molecule has 1 aromatic heterocycles. The van der Waals surface area contributed by atoms with E-state index in [1.165, 1.54) is 6.07 Å². The summed E-state index contributed by atoms with van der Waals surface area (Å²) in [5, 5.41) is 17.3. The van der Waals surface area contributed by atoms with E-state index in [1.54, 1.807) is 32.0 Å². The van der Waals surface area contributed by atoms with Crippen LogP contribution in [0.1, 0.15) is 30.9 Å². The number of aromatic nitrogens is 1. The molecule has 0 radical (unpaired) electrons. The van der Waals surface area contributed by atoms with E-state index in [0.29, 0.717) is 37.5 Å². The van der Waals surface area contributed by atoms with Gasteiger partial charge in [-0.25, -0.2) is 4.39 Å². The van der Waals surface area contributed by atoms with Gasteiger partial charge in [-0.15, -0.1) is 0 Å². The molecule has 1 aromatic carbocycles. The molecule has 0 saturated carbocycles. The predicted octanol–water partition coefficient (Wildman–Crippen LogP) is 2.14. The first-order chi connectivity index (χ1) is 10.9. The highest BCUT2D eigenvalue weighted by molar-refractivity contribution is 5.19. The van der Waals surface area contributed by atoms with Crippen molar-refractivity contribution in [2.24, 2.45) is 0 Å². The maximum atomic E-state index is 13.7. The van der Waals surface area contributed by atoms with Crippen LogP contribution in [-0.4, -0.2) is 29.0 Å². The lowest BCUT2D eigenvalue weighted by molar-refractivity contribution is -0.0756. The molecule has 124 valence electrons. The van der Waals surface area contributed by atoms with Crippen molar-refractivity contribution in [3.8, 4) is 0 Å². The van der Waals surface area contributed by atoms with Crippen molar-refractivity contribution in [2.75, 3.05) is 13.2 Å². The molecule has 2 heterocycles. The monoisotopic (exact) mass is 320 g/mol. The fourth-order valence-corrected chi connectivity index (χ4v) is 2.57. The van der Waals surface area contributed by atoms with Gasteiger partial charge in [0.05, 0.1) is 24.4 Å². The number of benzene rings is 1. The van der Waals surface area contributed by atoms with Crippen molar-refractivity contribution >= 4 is 0 Å². The molecule has 2 N–H and O–H groups in total. The molecule has 6 heteroatoms. The highest BCUT2D eigenvalue weighted by Gasteiger charge is 2.39. The third-order valence-corrected chi connectivity index (χ3v) is 4.05. The average Bonchev–Trinajstić information content (AvgIpc) is 2.92. The van der Waals surface area contributed by atoms with Crippen molar-refractivity contribution in [1.82, 2.24) is 10.5 Å². The Hall–Kier alpha value is -1.76. The highest BCUT2D eigenvalue weighted by Crippen LogP contribution is 2.26. The van der Waals surface area contributed by atoms with E-state index in [-0.39, 0.29) is 11.4 Å². The van der Waals surface area contributed by atoms with Crippen LogP contribution >= 0.6 is 0 Å². The van der Waals surface area contributed by atoms with Gasteiger partial charge >= 0.3 is 0 Å². The topological polar surface area (TPSA) is 67.5 Å². The SMILES string of the molecule is CC(C)(O)c1cc(CC2(NCc3ccccc3F)COC2)no1. The Kier molecular flexibility index (Phi) is 4.23. The summed E-state index contributed by atoms with van der Waals surface area (Å²) >= 11 is 0. The van der Waals surface area contributed by atoms with Gasteiger partial charge in [-0.3, -0.25) is 0 Å². The molecule has 3 rings (SSSR count). The number of nitrogens with zero attached hydrogens (tertiary/aromatic N) is 1. The summed E-state index contributed by atoms with van der Waals surface area (Å²) in [6.07, 6.45) is 0.598. The molecular formula is C17H21FN2O3. The smallest absolute Gasteiger partial charge is 0.167 e. The molecule has 5 nitrogen and oxygen atoms in total. The molecule has 2 aromatic rings. The lowest BCUT2D eigenvalue weighted by Gasteiger charge is -2.42. The minimum atomic E-state index is -1.06. The first kappa shape index (κ1) is 16.1. The van der Waals surface area contributed by atoms with Crippen LogP contribution in [0.25, 0.3) is 0 Å². The third-order valence-electron chi connectivity index (χ3n) is 4.05. The van der Waals surface area contributed by atoms with Gasteiger partial charge in [-0.05, 0) is 19.9 Å². The molecule has 1 aliphatic heterocycles. The fraction of sp³-hybridized carbons (Fsp3) is 0.471.